The first kappa shape index (κ1) is 11.6. The lowest BCUT2D eigenvalue weighted by Crippen LogP contribution is -2.02. The predicted molar refractivity (Wildman–Crippen MR) is 71.2 cm³/mol. The fourth-order valence-electron chi connectivity index (χ4n) is 2.34. The summed E-state index contributed by atoms with van der Waals surface area (Å²) < 4.78 is 1.94. The monoisotopic (exact) mass is 255 g/mol. The number of aliphatic carboxylic acids is 1. The van der Waals surface area contributed by atoms with Crippen molar-refractivity contribution in [3.05, 3.63) is 41.7 Å². The van der Waals surface area contributed by atoms with Crippen molar-refractivity contribution in [1.29, 1.82) is 0 Å². The van der Waals surface area contributed by atoms with Gasteiger partial charge in [0.05, 0.1) is 11.9 Å². The second-order valence-corrected chi connectivity index (χ2v) is 4.55. The van der Waals surface area contributed by atoms with Crippen LogP contribution in [0.3, 0.4) is 0 Å². The van der Waals surface area contributed by atoms with Crippen LogP contribution in [0.1, 0.15) is 17.8 Å². The van der Waals surface area contributed by atoms with Crippen LogP contribution < -0.4 is 0 Å². The van der Waals surface area contributed by atoms with Gasteiger partial charge in [0, 0.05) is 11.8 Å². The lowest BCUT2D eigenvalue weighted by molar-refractivity contribution is -0.137. The molecule has 1 N–H and O–H groups in total. The van der Waals surface area contributed by atoms with Crippen molar-refractivity contribution in [1.82, 2.24) is 14.6 Å². The van der Waals surface area contributed by atoms with Crippen LogP contribution in [0.2, 0.25) is 0 Å². The van der Waals surface area contributed by atoms with Crippen molar-refractivity contribution in [2.75, 3.05) is 0 Å². The van der Waals surface area contributed by atoms with E-state index < -0.39 is 5.97 Å². The third-order valence-corrected chi connectivity index (χ3v) is 3.23. The summed E-state index contributed by atoms with van der Waals surface area (Å²) in [5.74, 6) is -0.137. The highest BCUT2D eigenvalue weighted by molar-refractivity contribution is 5.85. The summed E-state index contributed by atoms with van der Waals surface area (Å²) in [5, 5.41) is 18.2. The van der Waals surface area contributed by atoms with E-state index in [2.05, 4.69) is 10.2 Å². The van der Waals surface area contributed by atoms with Crippen molar-refractivity contribution >= 4 is 22.5 Å². The second-order valence-electron chi connectivity index (χ2n) is 4.55. The van der Waals surface area contributed by atoms with E-state index in [0.29, 0.717) is 12.2 Å². The highest BCUT2D eigenvalue weighted by atomic mass is 16.4. The molecule has 2 aromatic heterocycles. The number of carboxylic acid groups (broad SMARTS) is 1. The maximum atomic E-state index is 10.7. The molecule has 0 aliphatic carbocycles. The average molecular weight is 255 g/mol. The SMILES string of the molecule is Cc1cc2nnc(CCC(=O)O)n2c2ccccc12. The molecule has 0 radical (unpaired) electrons. The molecular formula is C14H13N3O2. The molecule has 0 bridgehead atoms. The lowest BCUT2D eigenvalue weighted by Gasteiger charge is -2.06. The molecule has 0 saturated heterocycles. The summed E-state index contributed by atoms with van der Waals surface area (Å²) in [5.41, 5.74) is 2.92. The van der Waals surface area contributed by atoms with Gasteiger partial charge in [0.1, 0.15) is 5.82 Å². The number of para-hydroxylation sites is 1. The van der Waals surface area contributed by atoms with E-state index in [9.17, 15) is 4.79 Å². The summed E-state index contributed by atoms with van der Waals surface area (Å²) in [6.45, 7) is 2.04. The minimum atomic E-state index is -0.826. The van der Waals surface area contributed by atoms with E-state index in [-0.39, 0.29) is 6.42 Å². The summed E-state index contributed by atoms with van der Waals surface area (Å²) >= 11 is 0. The third kappa shape index (κ3) is 1.93. The second kappa shape index (κ2) is 4.35. The Balaban J connectivity index is 2.25. The molecule has 2 heterocycles. The number of pyridine rings is 1. The zero-order chi connectivity index (χ0) is 13.4. The number of hydrogen-bond donors (Lipinski definition) is 1. The molecule has 0 atom stereocenters. The van der Waals surface area contributed by atoms with Crippen molar-refractivity contribution in [3.63, 3.8) is 0 Å². The summed E-state index contributed by atoms with van der Waals surface area (Å²) in [4.78, 5) is 10.7. The number of carboxylic acids is 1. The largest absolute Gasteiger partial charge is 0.481 e. The fourth-order valence-corrected chi connectivity index (χ4v) is 2.34. The number of benzene rings is 1. The Hall–Kier alpha value is -2.43. The van der Waals surface area contributed by atoms with E-state index in [1.165, 1.54) is 0 Å². The molecule has 0 aliphatic rings. The number of hydrogen-bond acceptors (Lipinski definition) is 3. The first-order chi connectivity index (χ1) is 9.16. The maximum absolute atomic E-state index is 10.7. The Labute approximate surface area is 109 Å². The summed E-state index contributed by atoms with van der Waals surface area (Å²) in [7, 11) is 0. The topological polar surface area (TPSA) is 67.5 Å². The van der Waals surface area contributed by atoms with E-state index in [4.69, 9.17) is 5.11 Å². The van der Waals surface area contributed by atoms with Crippen molar-refractivity contribution in [2.24, 2.45) is 0 Å². The number of nitrogens with zero attached hydrogens (tertiary/aromatic N) is 3. The zero-order valence-electron chi connectivity index (χ0n) is 10.5. The van der Waals surface area contributed by atoms with Gasteiger partial charge in [0.25, 0.3) is 0 Å². The van der Waals surface area contributed by atoms with Gasteiger partial charge in [-0.3, -0.25) is 9.20 Å². The summed E-state index contributed by atoms with van der Waals surface area (Å²) in [6, 6.07) is 9.97. The molecule has 19 heavy (non-hydrogen) atoms. The first-order valence-corrected chi connectivity index (χ1v) is 6.11. The third-order valence-electron chi connectivity index (χ3n) is 3.23. The molecule has 3 aromatic rings. The molecule has 0 unspecified atom stereocenters. The van der Waals surface area contributed by atoms with Gasteiger partial charge in [0.2, 0.25) is 0 Å². The van der Waals surface area contributed by atoms with Gasteiger partial charge in [-0.15, -0.1) is 10.2 Å². The van der Waals surface area contributed by atoms with Crippen molar-refractivity contribution in [2.45, 2.75) is 19.8 Å². The van der Waals surface area contributed by atoms with E-state index in [0.717, 1.165) is 22.1 Å². The normalized spacial score (nSPS) is 11.2. The quantitative estimate of drug-likeness (QED) is 0.779. The Bertz CT molecular complexity index is 777. The van der Waals surface area contributed by atoms with Crippen LogP contribution in [0.5, 0.6) is 0 Å². The zero-order valence-corrected chi connectivity index (χ0v) is 10.5. The van der Waals surface area contributed by atoms with Gasteiger partial charge in [-0.2, -0.15) is 0 Å². The molecule has 0 spiro atoms. The number of rotatable bonds is 3. The Morgan fingerprint density at radius 3 is 2.89 bits per heavy atom. The fraction of sp³-hybridized carbons (Fsp3) is 0.214. The average Bonchev–Trinajstić information content (AvgIpc) is 2.80. The highest BCUT2D eigenvalue weighted by Gasteiger charge is 2.11. The smallest absolute Gasteiger partial charge is 0.303 e. The molecular weight excluding hydrogens is 242 g/mol. The van der Waals surface area contributed by atoms with E-state index in [1.54, 1.807) is 0 Å². The summed E-state index contributed by atoms with van der Waals surface area (Å²) in [6.07, 6.45) is 0.437. The van der Waals surface area contributed by atoms with Crippen LogP contribution in [0, 0.1) is 6.92 Å². The minimum Gasteiger partial charge on any atom is -0.481 e. The maximum Gasteiger partial charge on any atom is 0.303 e. The Morgan fingerprint density at radius 2 is 2.11 bits per heavy atom. The van der Waals surface area contributed by atoms with Crippen LogP contribution in [0.15, 0.2) is 30.3 Å². The molecule has 5 nitrogen and oxygen atoms in total. The van der Waals surface area contributed by atoms with Crippen LogP contribution in [-0.2, 0) is 11.2 Å². The number of aromatic nitrogens is 3. The van der Waals surface area contributed by atoms with E-state index in [1.807, 2.05) is 41.7 Å². The van der Waals surface area contributed by atoms with Crippen molar-refractivity contribution < 1.29 is 9.90 Å². The van der Waals surface area contributed by atoms with Gasteiger partial charge in [0.15, 0.2) is 5.65 Å². The van der Waals surface area contributed by atoms with Crippen LogP contribution in [0.25, 0.3) is 16.6 Å². The van der Waals surface area contributed by atoms with Gasteiger partial charge in [-0.1, -0.05) is 18.2 Å². The van der Waals surface area contributed by atoms with Crippen LogP contribution in [0.4, 0.5) is 0 Å². The number of aryl methyl sites for hydroxylation is 2. The molecule has 3 rings (SSSR count). The standard InChI is InChI=1S/C14H13N3O2/c1-9-8-13-16-15-12(6-7-14(18)19)17(13)11-5-3-2-4-10(9)11/h2-5,8H,6-7H2,1H3,(H,18,19). The molecule has 0 fully saturated rings. The minimum absolute atomic E-state index is 0.0585. The van der Waals surface area contributed by atoms with Crippen LogP contribution in [-0.4, -0.2) is 25.7 Å². The Kier molecular flexibility index (Phi) is 2.67. The predicted octanol–water partition coefficient (Wildman–Crippen LogP) is 2.21. The number of fused-ring (bicyclic) bond motifs is 3. The lowest BCUT2D eigenvalue weighted by atomic mass is 10.1. The highest BCUT2D eigenvalue weighted by Crippen LogP contribution is 2.21. The molecule has 96 valence electrons. The first-order valence-electron chi connectivity index (χ1n) is 6.11. The van der Waals surface area contributed by atoms with Gasteiger partial charge < -0.3 is 5.11 Å². The van der Waals surface area contributed by atoms with Gasteiger partial charge in [-0.25, -0.2) is 0 Å². The molecule has 0 aliphatic heterocycles. The molecule has 0 amide bonds. The van der Waals surface area contributed by atoms with E-state index >= 15 is 0 Å². The molecule has 1 aromatic carbocycles. The van der Waals surface area contributed by atoms with Gasteiger partial charge >= 0.3 is 5.97 Å². The molecule has 0 saturated carbocycles. The molecule has 5 heteroatoms. The van der Waals surface area contributed by atoms with Gasteiger partial charge in [-0.05, 0) is 24.6 Å². The van der Waals surface area contributed by atoms with Crippen molar-refractivity contribution in [3.8, 4) is 0 Å². The number of carbonyl (C=O) groups is 1. The van der Waals surface area contributed by atoms with Crippen LogP contribution >= 0.6 is 0 Å². The Morgan fingerprint density at radius 1 is 1.32 bits per heavy atom.